The molecule has 0 aliphatic carbocycles. The van der Waals surface area contributed by atoms with Gasteiger partial charge in [-0.3, -0.25) is 24.0 Å². The van der Waals surface area contributed by atoms with Gasteiger partial charge in [-0.15, -0.1) is 0 Å². The van der Waals surface area contributed by atoms with Gasteiger partial charge in [-0.25, -0.2) is 0 Å². The molecule has 0 saturated carbocycles. The molecule has 4 aromatic carbocycles. The van der Waals surface area contributed by atoms with Crippen molar-refractivity contribution in [3.63, 3.8) is 0 Å². The van der Waals surface area contributed by atoms with E-state index in [1.807, 2.05) is 48.5 Å². The molecular weight excluding hydrogens is 739 g/mol. The number of nitrogens with zero attached hydrogens (tertiary/aromatic N) is 3. The highest BCUT2D eigenvalue weighted by Crippen LogP contribution is 2.26. The number of anilines is 1. The number of hydrogen-bond donors (Lipinski definition) is 4. The number of carbonyl (C=O) groups excluding carboxylic acids is 5. The Morgan fingerprint density at radius 3 is 1.78 bits per heavy atom. The second-order valence-electron chi connectivity index (χ2n) is 13.1. The monoisotopic (exact) mass is 785 g/mol. The van der Waals surface area contributed by atoms with E-state index in [4.69, 9.17) is 9.47 Å². The summed E-state index contributed by atoms with van der Waals surface area (Å²) < 4.78 is 11.0. The lowest BCUT2D eigenvalue weighted by atomic mass is 10.0. The molecule has 0 spiro atoms. The van der Waals surface area contributed by atoms with Crippen LogP contribution in [-0.4, -0.2) is 82.6 Å². The van der Waals surface area contributed by atoms with E-state index in [2.05, 4.69) is 43.3 Å². The highest BCUT2D eigenvalue weighted by atomic mass is 16.5. The summed E-state index contributed by atoms with van der Waals surface area (Å²) in [5.41, 5.74) is 5.54. The van der Waals surface area contributed by atoms with Crippen LogP contribution in [0.3, 0.4) is 0 Å². The van der Waals surface area contributed by atoms with Crippen molar-refractivity contribution in [3.05, 3.63) is 125 Å². The van der Waals surface area contributed by atoms with Crippen molar-refractivity contribution in [1.29, 1.82) is 0 Å². The Morgan fingerprint density at radius 1 is 0.603 bits per heavy atom. The Balaban J connectivity index is 0.855. The van der Waals surface area contributed by atoms with Crippen LogP contribution in [-0.2, 0) is 30.4 Å². The number of para-hydroxylation sites is 1. The second kappa shape index (κ2) is 22.8. The minimum atomic E-state index is -0.245. The molecule has 0 radical (unpaired) electrons. The summed E-state index contributed by atoms with van der Waals surface area (Å²) in [7, 11) is 1.57. The Bertz CT molecular complexity index is 2130. The lowest BCUT2D eigenvalue weighted by molar-refractivity contribution is -0.122. The van der Waals surface area contributed by atoms with Crippen LogP contribution in [0.15, 0.2) is 107 Å². The Kier molecular flexibility index (Phi) is 16.7. The maximum absolute atomic E-state index is 13.3. The Hall–Kier alpha value is -6.69. The molecule has 58 heavy (non-hydrogen) atoms. The molecule has 0 atom stereocenters. The third-order valence-corrected chi connectivity index (χ3v) is 8.88. The fraction of sp³-hybridized carbons (Fsp3) is 0.295. The van der Waals surface area contributed by atoms with Gasteiger partial charge in [0.15, 0.2) is 0 Å². The average molecular weight is 786 g/mol. The van der Waals surface area contributed by atoms with E-state index in [1.165, 1.54) is 0 Å². The first-order valence-electron chi connectivity index (χ1n) is 19.1. The Morgan fingerprint density at radius 2 is 1.14 bits per heavy atom. The van der Waals surface area contributed by atoms with Gasteiger partial charge < -0.3 is 35.6 Å². The van der Waals surface area contributed by atoms with Crippen molar-refractivity contribution in [3.8, 4) is 11.8 Å². The van der Waals surface area contributed by atoms with E-state index in [9.17, 15) is 24.0 Å². The fourth-order valence-electron chi connectivity index (χ4n) is 5.78. The molecule has 4 N–H and O–H groups in total. The fourth-order valence-corrected chi connectivity index (χ4v) is 5.78. The van der Waals surface area contributed by atoms with Crippen LogP contribution in [0.25, 0.3) is 0 Å². The van der Waals surface area contributed by atoms with Crippen LogP contribution >= 0.6 is 0 Å². The first-order chi connectivity index (χ1) is 28.3. The number of ether oxygens (including phenoxy) is 2. The largest absolute Gasteiger partial charge is 0.377 e. The zero-order chi connectivity index (χ0) is 41.0. The molecule has 0 bridgehead atoms. The van der Waals surface area contributed by atoms with Gasteiger partial charge >= 0.3 is 0 Å². The van der Waals surface area contributed by atoms with Gasteiger partial charge in [-0.1, -0.05) is 42.2 Å². The quantitative estimate of drug-likeness (QED) is 0.0555. The number of azo groups is 1. The van der Waals surface area contributed by atoms with E-state index in [0.717, 1.165) is 22.4 Å². The standard InChI is InChI=1S/C44H47N7O7/c1-45-43(55)34-15-19-37(20-16-34)49-50-38-21-17-35(18-22-38)44(56)48-26-28-58-30-29-57-27-25-47-41(53)12-6-11-40(52)46-24-23-42(54)51-31-36-9-3-2-7-32(36)13-14-33-8-4-5-10-39(33)51/h2-5,7-10,15-22H,6,11-12,23-31H2,1H3,(H,45,55)(H,46,52)(H,47,53)(H,48,56). The van der Waals surface area contributed by atoms with Crippen LogP contribution < -0.4 is 26.2 Å². The lowest BCUT2D eigenvalue weighted by Gasteiger charge is -2.26. The zero-order valence-corrected chi connectivity index (χ0v) is 32.4. The van der Waals surface area contributed by atoms with Crippen LogP contribution in [0.2, 0.25) is 0 Å². The van der Waals surface area contributed by atoms with Crippen LogP contribution in [0.5, 0.6) is 0 Å². The molecule has 5 amide bonds. The van der Waals surface area contributed by atoms with Crippen molar-refractivity contribution >= 4 is 46.6 Å². The number of amides is 5. The molecule has 1 aliphatic rings. The predicted molar refractivity (Wildman–Crippen MR) is 219 cm³/mol. The minimum absolute atomic E-state index is 0.116. The molecule has 0 unspecified atom stereocenters. The number of nitrogens with one attached hydrogen (secondary N) is 4. The molecule has 14 heteroatoms. The summed E-state index contributed by atoms with van der Waals surface area (Å²) in [6, 6.07) is 28.7. The zero-order valence-electron chi connectivity index (χ0n) is 32.4. The summed E-state index contributed by atoms with van der Waals surface area (Å²) in [5.74, 6) is 5.45. The molecular formula is C44H47N7O7. The van der Waals surface area contributed by atoms with Gasteiger partial charge in [0.2, 0.25) is 17.7 Å². The molecule has 5 rings (SSSR count). The number of benzene rings is 4. The van der Waals surface area contributed by atoms with E-state index >= 15 is 0 Å². The normalized spacial score (nSPS) is 11.6. The van der Waals surface area contributed by atoms with E-state index in [-0.39, 0.29) is 55.3 Å². The summed E-state index contributed by atoms with van der Waals surface area (Å²) in [5, 5.41) is 19.3. The summed E-state index contributed by atoms with van der Waals surface area (Å²) in [6.45, 7) is 2.48. The van der Waals surface area contributed by atoms with Gasteiger partial charge in [0, 0.05) is 68.2 Å². The summed E-state index contributed by atoms with van der Waals surface area (Å²) >= 11 is 0. The summed E-state index contributed by atoms with van der Waals surface area (Å²) in [4.78, 5) is 63.8. The average Bonchev–Trinajstić information content (AvgIpc) is 3.24. The van der Waals surface area contributed by atoms with Gasteiger partial charge in [0.05, 0.1) is 50.0 Å². The van der Waals surface area contributed by atoms with Gasteiger partial charge in [0.25, 0.3) is 11.8 Å². The molecule has 4 aromatic rings. The Labute approximate surface area is 337 Å². The number of fused-ring (bicyclic) bond motifs is 2. The lowest BCUT2D eigenvalue weighted by Crippen LogP contribution is -2.35. The SMILES string of the molecule is CNC(=O)c1ccc(N=Nc2ccc(C(=O)NCCOCCOCCNC(=O)CCCC(=O)NCCC(=O)N3Cc4ccccc4C#Cc4ccccc43)cc2)cc1. The molecule has 1 aliphatic heterocycles. The van der Waals surface area contributed by atoms with E-state index in [1.54, 1.807) is 60.5 Å². The van der Waals surface area contributed by atoms with E-state index < -0.39 is 0 Å². The molecule has 0 saturated heterocycles. The topological polar surface area (TPSA) is 180 Å². The van der Waals surface area contributed by atoms with Crippen molar-refractivity contribution < 1.29 is 33.4 Å². The van der Waals surface area contributed by atoms with E-state index in [0.29, 0.717) is 75.0 Å². The van der Waals surface area contributed by atoms with Crippen molar-refractivity contribution in [2.75, 3.05) is 58.0 Å². The third-order valence-electron chi connectivity index (χ3n) is 8.88. The molecule has 300 valence electrons. The second-order valence-corrected chi connectivity index (χ2v) is 13.1. The molecule has 14 nitrogen and oxygen atoms in total. The van der Waals surface area contributed by atoms with Gasteiger partial charge in [-0.2, -0.15) is 10.2 Å². The van der Waals surface area contributed by atoms with Crippen LogP contribution in [0, 0.1) is 11.8 Å². The van der Waals surface area contributed by atoms with Crippen molar-refractivity contribution in [2.45, 2.75) is 32.2 Å². The first kappa shape index (κ1) is 42.5. The van der Waals surface area contributed by atoms with Gasteiger partial charge in [0.1, 0.15) is 0 Å². The van der Waals surface area contributed by atoms with Crippen LogP contribution in [0.1, 0.15) is 63.1 Å². The highest BCUT2D eigenvalue weighted by Gasteiger charge is 2.21. The van der Waals surface area contributed by atoms with Crippen molar-refractivity contribution in [2.24, 2.45) is 10.2 Å². The van der Waals surface area contributed by atoms with Gasteiger partial charge in [-0.05, 0) is 78.7 Å². The first-order valence-corrected chi connectivity index (χ1v) is 19.1. The predicted octanol–water partition coefficient (Wildman–Crippen LogP) is 4.96. The highest BCUT2D eigenvalue weighted by molar-refractivity contribution is 5.96. The maximum atomic E-state index is 13.3. The molecule has 0 aromatic heterocycles. The number of rotatable bonds is 20. The smallest absolute Gasteiger partial charge is 0.251 e. The molecule has 1 heterocycles. The minimum Gasteiger partial charge on any atom is -0.377 e. The number of carbonyl (C=O) groups is 5. The number of hydrogen-bond acceptors (Lipinski definition) is 9. The van der Waals surface area contributed by atoms with Crippen molar-refractivity contribution in [1.82, 2.24) is 21.3 Å². The third kappa shape index (κ3) is 13.5. The molecule has 0 fully saturated rings. The van der Waals surface area contributed by atoms with Crippen LogP contribution in [0.4, 0.5) is 17.1 Å². The maximum Gasteiger partial charge on any atom is 0.251 e. The summed E-state index contributed by atoms with van der Waals surface area (Å²) in [6.07, 6.45) is 0.871.